The Morgan fingerprint density at radius 2 is 2.00 bits per heavy atom. The topological polar surface area (TPSA) is 60.2 Å². The second-order valence-electron chi connectivity index (χ2n) is 7.58. The van der Waals surface area contributed by atoms with Crippen LogP contribution in [0.3, 0.4) is 0 Å². The van der Waals surface area contributed by atoms with Crippen LogP contribution in [-0.2, 0) is 13.5 Å². The van der Waals surface area contributed by atoms with Crippen LogP contribution in [0.25, 0.3) is 11.3 Å². The van der Waals surface area contributed by atoms with E-state index >= 15 is 0 Å². The van der Waals surface area contributed by atoms with Gasteiger partial charge in [-0.25, -0.2) is 0 Å². The first kappa shape index (κ1) is 17.0. The highest BCUT2D eigenvalue weighted by atomic mass is 16.5. The number of hydrogen-bond acceptors (Lipinski definition) is 4. The normalized spacial score (nSPS) is 20.1. The molecular formula is C22H22N4O2. The molecule has 1 fully saturated rings. The first-order chi connectivity index (χ1) is 13.7. The maximum atomic E-state index is 12.9. The third kappa shape index (κ3) is 2.59. The number of ether oxygens (including phenoxy) is 1. The van der Waals surface area contributed by atoms with Crippen molar-refractivity contribution in [2.45, 2.75) is 12.3 Å². The van der Waals surface area contributed by atoms with E-state index in [0.29, 0.717) is 17.4 Å². The molecule has 0 unspecified atom stereocenters. The van der Waals surface area contributed by atoms with E-state index in [0.717, 1.165) is 36.5 Å². The maximum Gasteiger partial charge on any atom is 0.253 e. The van der Waals surface area contributed by atoms with Gasteiger partial charge in [0.05, 0.1) is 12.8 Å². The van der Waals surface area contributed by atoms with E-state index in [-0.39, 0.29) is 5.91 Å². The molecule has 5 rings (SSSR count). The van der Waals surface area contributed by atoms with Crippen molar-refractivity contribution in [3.8, 4) is 17.0 Å². The third-order valence-electron chi connectivity index (χ3n) is 6.03. The smallest absolute Gasteiger partial charge is 0.253 e. The van der Waals surface area contributed by atoms with Crippen molar-refractivity contribution in [3.63, 3.8) is 0 Å². The lowest BCUT2D eigenvalue weighted by molar-refractivity contribution is 0.0785. The van der Waals surface area contributed by atoms with Crippen LogP contribution < -0.4 is 4.74 Å². The summed E-state index contributed by atoms with van der Waals surface area (Å²) in [5, 5.41) is 4.82. The summed E-state index contributed by atoms with van der Waals surface area (Å²) in [5.41, 5.74) is 5.38. The Balaban J connectivity index is 1.48. The van der Waals surface area contributed by atoms with E-state index in [9.17, 15) is 4.79 Å². The highest BCUT2D eigenvalue weighted by Crippen LogP contribution is 2.47. The zero-order valence-electron chi connectivity index (χ0n) is 16.0. The third-order valence-corrected chi connectivity index (χ3v) is 6.03. The number of nitrogens with zero attached hydrogens (tertiary/aromatic N) is 4. The maximum absolute atomic E-state index is 12.9. The molecule has 1 saturated heterocycles. The molecule has 3 aromatic rings. The molecule has 0 bridgehead atoms. The number of carbonyl (C=O) groups excluding carboxylic acids is 1. The molecule has 0 N–H and O–H groups in total. The Labute approximate surface area is 163 Å². The van der Waals surface area contributed by atoms with E-state index in [1.54, 1.807) is 31.6 Å². The number of methoxy groups -OCH3 is 1. The van der Waals surface area contributed by atoms with Crippen LogP contribution in [0.2, 0.25) is 0 Å². The van der Waals surface area contributed by atoms with Gasteiger partial charge in [0.15, 0.2) is 0 Å². The number of hydrogen-bond donors (Lipinski definition) is 0. The standard InChI is InChI=1S/C22H22N4O2/c1-25-19-11-16-12-26(22(27)14-6-8-23-9-7-14)13-18(16)20(19)21(24-25)15-4-3-5-17(10-15)28-2/h3-10,16,18H,11-13H2,1-2H3/t16-,18-/m0/s1. The lowest BCUT2D eigenvalue weighted by Gasteiger charge is -2.17. The Hall–Kier alpha value is -3.15. The SMILES string of the molecule is COc1cccc(-c2nn(C)c3c2[C@H]2CN(C(=O)c4ccncc4)C[C@@H]2C3)c1. The summed E-state index contributed by atoms with van der Waals surface area (Å²) in [4.78, 5) is 18.9. The van der Waals surface area contributed by atoms with Gasteiger partial charge in [0.2, 0.25) is 0 Å². The van der Waals surface area contributed by atoms with E-state index in [4.69, 9.17) is 9.84 Å². The Morgan fingerprint density at radius 1 is 1.18 bits per heavy atom. The van der Waals surface area contributed by atoms with E-state index in [1.165, 1.54) is 11.3 Å². The predicted molar refractivity (Wildman–Crippen MR) is 105 cm³/mol. The molecule has 3 heterocycles. The molecule has 2 atom stereocenters. The van der Waals surface area contributed by atoms with Crippen molar-refractivity contribution in [2.75, 3.05) is 20.2 Å². The minimum Gasteiger partial charge on any atom is -0.497 e. The number of aromatic nitrogens is 3. The molecule has 6 nitrogen and oxygen atoms in total. The lowest BCUT2D eigenvalue weighted by Crippen LogP contribution is -2.29. The second kappa shape index (κ2) is 6.48. The number of fused-ring (bicyclic) bond motifs is 3. The fourth-order valence-electron chi connectivity index (χ4n) is 4.69. The number of likely N-dealkylation sites (tertiary alicyclic amines) is 1. The average molecular weight is 374 g/mol. The van der Waals surface area contributed by atoms with Gasteiger partial charge in [-0.15, -0.1) is 0 Å². The highest BCUT2D eigenvalue weighted by molar-refractivity contribution is 5.94. The van der Waals surface area contributed by atoms with Crippen molar-refractivity contribution in [1.82, 2.24) is 19.7 Å². The summed E-state index contributed by atoms with van der Waals surface area (Å²) >= 11 is 0. The molecule has 0 spiro atoms. The van der Waals surface area contributed by atoms with Crippen LogP contribution in [0.1, 0.15) is 27.5 Å². The van der Waals surface area contributed by atoms with Gasteiger partial charge in [-0.3, -0.25) is 14.5 Å². The number of amides is 1. The first-order valence-electron chi connectivity index (χ1n) is 9.55. The first-order valence-corrected chi connectivity index (χ1v) is 9.55. The van der Waals surface area contributed by atoms with Crippen LogP contribution in [0.5, 0.6) is 5.75 Å². The van der Waals surface area contributed by atoms with Gasteiger partial charge in [0.1, 0.15) is 5.75 Å². The Bertz CT molecular complexity index is 1040. The van der Waals surface area contributed by atoms with Gasteiger partial charge in [-0.2, -0.15) is 5.10 Å². The highest BCUT2D eigenvalue weighted by Gasteiger charge is 2.45. The van der Waals surface area contributed by atoms with Crippen molar-refractivity contribution < 1.29 is 9.53 Å². The van der Waals surface area contributed by atoms with Crippen molar-refractivity contribution in [2.24, 2.45) is 13.0 Å². The summed E-state index contributed by atoms with van der Waals surface area (Å²) in [6.07, 6.45) is 4.31. The summed E-state index contributed by atoms with van der Waals surface area (Å²) in [7, 11) is 3.70. The van der Waals surface area contributed by atoms with E-state index in [1.807, 2.05) is 34.8 Å². The van der Waals surface area contributed by atoms with Gasteiger partial charge < -0.3 is 9.64 Å². The number of rotatable bonds is 3. The molecule has 6 heteroatoms. The molecule has 1 amide bonds. The summed E-state index contributed by atoms with van der Waals surface area (Å²) in [6.45, 7) is 1.53. The van der Waals surface area contributed by atoms with Crippen LogP contribution in [-0.4, -0.2) is 45.8 Å². The van der Waals surface area contributed by atoms with Gasteiger partial charge >= 0.3 is 0 Å². The fraction of sp³-hybridized carbons (Fsp3) is 0.318. The van der Waals surface area contributed by atoms with Gasteiger partial charge in [0.25, 0.3) is 5.91 Å². The van der Waals surface area contributed by atoms with Crippen LogP contribution >= 0.6 is 0 Å². The number of carbonyl (C=O) groups is 1. The number of pyridine rings is 1. The summed E-state index contributed by atoms with van der Waals surface area (Å²) < 4.78 is 7.41. The van der Waals surface area contributed by atoms with Gasteiger partial charge in [-0.1, -0.05) is 12.1 Å². The van der Waals surface area contributed by atoms with Crippen LogP contribution in [0, 0.1) is 5.92 Å². The molecule has 1 aliphatic heterocycles. The molecule has 28 heavy (non-hydrogen) atoms. The predicted octanol–water partition coefficient (Wildman–Crippen LogP) is 2.90. The number of benzene rings is 1. The summed E-state index contributed by atoms with van der Waals surface area (Å²) in [6, 6.07) is 11.6. The van der Waals surface area contributed by atoms with Crippen molar-refractivity contribution >= 4 is 5.91 Å². The zero-order chi connectivity index (χ0) is 19.3. The largest absolute Gasteiger partial charge is 0.497 e. The lowest BCUT2D eigenvalue weighted by atomic mass is 9.94. The van der Waals surface area contributed by atoms with Crippen molar-refractivity contribution in [3.05, 3.63) is 65.6 Å². The molecule has 2 aromatic heterocycles. The zero-order valence-corrected chi connectivity index (χ0v) is 16.0. The Kier molecular flexibility index (Phi) is 3.93. The van der Waals surface area contributed by atoms with Crippen molar-refractivity contribution in [1.29, 1.82) is 0 Å². The fourth-order valence-corrected chi connectivity index (χ4v) is 4.69. The van der Waals surface area contributed by atoms with E-state index in [2.05, 4.69) is 11.1 Å². The molecular weight excluding hydrogens is 352 g/mol. The monoisotopic (exact) mass is 374 g/mol. The molecule has 1 aromatic carbocycles. The Morgan fingerprint density at radius 3 is 2.79 bits per heavy atom. The van der Waals surface area contributed by atoms with Gasteiger partial charge in [-0.05, 0) is 36.6 Å². The quantitative estimate of drug-likeness (QED) is 0.707. The molecule has 2 aliphatic rings. The molecule has 0 radical (unpaired) electrons. The average Bonchev–Trinajstić information content (AvgIpc) is 3.39. The molecule has 142 valence electrons. The minimum absolute atomic E-state index is 0.0881. The second-order valence-corrected chi connectivity index (χ2v) is 7.58. The minimum atomic E-state index is 0.0881. The number of aryl methyl sites for hydroxylation is 1. The summed E-state index contributed by atoms with van der Waals surface area (Å²) in [5.74, 6) is 1.70. The molecule has 0 saturated carbocycles. The van der Waals surface area contributed by atoms with Crippen LogP contribution in [0.15, 0.2) is 48.8 Å². The van der Waals surface area contributed by atoms with Gasteiger partial charge in [0, 0.05) is 60.8 Å². The van der Waals surface area contributed by atoms with Crippen LogP contribution in [0.4, 0.5) is 0 Å². The molecule has 1 aliphatic carbocycles. The van der Waals surface area contributed by atoms with E-state index < -0.39 is 0 Å².